The smallest absolute Gasteiger partial charge is 0.0408 e. The lowest BCUT2D eigenvalue weighted by Gasteiger charge is -2.26. The van der Waals surface area contributed by atoms with Gasteiger partial charge in [-0.15, -0.1) is 0 Å². The van der Waals surface area contributed by atoms with Crippen molar-refractivity contribution in [1.29, 1.82) is 0 Å². The Hall–Kier alpha value is -0.530. The molecule has 0 fully saturated rings. The molecule has 1 aromatic carbocycles. The topological polar surface area (TPSA) is 12.0 Å². The quantitative estimate of drug-likeness (QED) is 0.727. The van der Waals surface area contributed by atoms with E-state index in [1.807, 2.05) is 6.07 Å². The lowest BCUT2D eigenvalue weighted by atomic mass is 9.93. The van der Waals surface area contributed by atoms with Crippen molar-refractivity contribution >= 4 is 11.6 Å². The summed E-state index contributed by atoms with van der Waals surface area (Å²) in [5.74, 6) is 0. The molecule has 0 saturated carbocycles. The van der Waals surface area contributed by atoms with Crippen molar-refractivity contribution in [2.24, 2.45) is 0 Å². The van der Waals surface area contributed by atoms with Gasteiger partial charge in [0.15, 0.2) is 0 Å². The van der Waals surface area contributed by atoms with Gasteiger partial charge in [0.25, 0.3) is 0 Å². The number of hydrogen-bond donors (Lipinski definition) is 1. The second kappa shape index (κ2) is 3.69. The van der Waals surface area contributed by atoms with Crippen molar-refractivity contribution in [3.05, 3.63) is 34.3 Å². The fourth-order valence-electron chi connectivity index (χ4n) is 1.99. The Balaban J connectivity index is 2.40. The molecule has 0 spiro atoms. The van der Waals surface area contributed by atoms with Crippen molar-refractivity contribution in [2.45, 2.75) is 25.8 Å². The molecular formula is C11H14ClN. The van der Waals surface area contributed by atoms with Crippen molar-refractivity contribution in [3.63, 3.8) is 0 Å². The van der Waals surface area contributed by atoms with E-state index >= 15 is 0 Å². The second-order valence-electron chi connectivity index (χ2n) is 3.51. The van der Waals surface area contributed by atoms with Gasteiger partial charge in [-0.05, 0) is 42.6 Å². The normalized spacial score (nSPS) is 21.2. The minimum absolute atomic E-state index is 0.529. The van der Waals surface area contributed by atoms with Crippen LogP contribution < -0.4 is 5.32 Å². The van der Waals surface area contributed by atoms with E-state index in [0.29, 0.717) is 6.04 Å². The number of fused-ring (bicyclic) bond motifs is 1. The van der Waals surface area contributed by atoms with Gasteiger partial charge in [-0.25, -0.2) is 0 Å². The molecule has 0 bridgehead atoms. The van der Waals surface area contributed by atoms with Crippen LogP contribution in [0.3, 0.4) is 0 Å². The van der Waals surface area contributed by atoms with Gasteiger partial charge >= 0.3 is 0 Å². The van der Waals surface area contributed by atoms with Crippen LogP contribution in [0.5, 0.6) is 0 Å². The molecule has 1 unspecified atom stereocenters. The Morgan fingerprint density at radius 2 is 2.38 bits per heavy atom. The zero-order valence-electron chi connectivity index (χ0n) is 7.81. The second-order valence-corrected chi connectivity index (χ2v) is 3.94. The Morgan fingerprint density at radius 3 is 3.15 bits per heavy atom. The molecule has 1 aromatic rings. The summed E-state index contributed by atoms with van der Waals surface area (Å²) in [6.45, 7) is 3.28. The lowest BCUT2D eigenvalue weighted by molar-refractivity contribution is 0.493. The highest BCUT2D eigenvalue weighted by atomic mass is 35.5. The van der Waals surface area contributed by atoms with E-state index in [1.54, 1.807) is 0 Å². The largest absolute Gasteiger partial charge is 0.310 e. The van der Waals surface area contributed by atoms with Crippen molar-refractivity contribution in [2.75, 3.05) is 6.54 Å². The molecule has 1 heterocycles. The molecule has 1 nitrogen and oxygen atoms in total. The van der Waals surface area contributed by atoms with Crippen LogP contribution in [0.1, 0.15) is 30.5 Å². The van der Waals surface area contributed by atoms with E-state index in [2.05, 4.69) is 24.4 Å². The number of rotatable bonds is 1. The zero-order valence-corrected chi connectivity index (χ0v) is 8.56. The van der Waals surface area contributed by atoms with Gasteiger partial charge in [-0.1, -0.05) is 24.6 Å². The summed E-state index contributed by atoms with van der Waals surface area (Å²) in [4.78, 5) is 0. The Kier molecular flexibility index (Phi) is 2.56. The minimum Gasteiger partial charge on any atom is -0.310 e. The first kappa shape index (κ1) is 9.04. The van der Waals surface area contributed by atoms with E-state index in [0.717, 1.165) is 24.4 Å². The molecule has 2 rings (SSSR count). The van der Waals surface area contributed by atoms with Crippen LogP contribution in [0.25, 0.3) is 0 Å². The summed E-state index contributed by atoms with van der Waals surface area (Å²) in [6, 6.07) is 6.76. The van der Waals surface area contributed by atoms with Crippen LogP contribution in [0, 0.1) is 0 Å². The lowest BCUT2D eigenvalue weighted by Crippen LogP contribution is -2.29. The first-order valence-corrected chi connectivity index (χ1v) is 5.20. The third kappa shape index (κ3) is 1.72. The predicted octanol–water partition coefficient (Wildman–Crippen LogP) is 2.94. The van der Waals surface area contributed by atoms with Crippen LogP contribution in [-0.4, -0.2) is 6.54 Å². The number of hydrogen-bond acceptors (Lipinski definition) is 1. The van der Waals surface area contributed by atoms with Crippen LogP contribution in [-0.2, 0) is 6.42 Å². The zero-order chi connectivity index (χ0) is 9.26. The summed E-state index contributed by atoms with van der Waals surface area (Å²) in [7, 11) is 0. The average molecular weight is 196 g/mol. The van der Waals surface area contributed by atoms with Crippen LogP contribution >= 0.6 is 11.6 Å². The van der Waals surface area contributed by atoms with Crippen LogP contribution in [0.2, 0.25) is 5.02 Å². The highest BCUT2D eigenvalue weighted by Gasteiger charge is 2.17. The first-order chi connectivity index (χ1) is 6.31. The van der Waals surface area contributed by atoms with E-state index in [-0.39, 0.29) is 0 Å². The van der Waals surface area contributed by atoms with Crippen molar-refractivity contribution in [3.8, 4) is 0 Å². The monoisotopic (exact) mass is 195 g/mol. The van der Waals surface area contributed by atoms with E-state index in [4.69, 9.17) is 11.6 Å². The molecule has 0 radical (unpaired) electrons. The standard InChI is InChI=1S/C11H14ClN/c1-2-11-10-4-3-9(12)7-8(10)5-6-13-11/h3-4,7,11,13H,2,5-6H2,1H3. The number of nitrogens with one attached hydrogen (secondary N) is 1. The SMILES string of the molecule is CCC1NCCc2cc(Cl)ccc21. The molecule has 1 atom stereocenters. The van der Waals surface area contributed by atoms with Gasteiger partial charge in [0.05, 0.1) is 0 Å². The molecule has 70 valence electrons. The van der Waals surface area contributed by atoms with Crippen LogP contribution in [0.4, 0.5) is 0 Å². The van der Waals surface area contributed by atoms with Crippen molar-refractivity contribution in [1.82, 2.24) is 5.32 Å². The third-order valence-electron chi connectivity index (χ3n) is 2.67. The fraction of sp³-hybridized carbons (Fsp3) is 0.455. The molecule has 0 aliphatic carbocycles. The van der Waals surface area contributed by atoms with Gasteiger partial charge in [0.1, 0.15) is 0 Å². The van der Waals surface area contributed by atoms with Gasteiger partial charge in [-0.2, -0.15) is 0 Å². The third-order valence-corrected chi connectivity index (χ3v) is 2.91. The van der Waals surface area contributed by atoms with Gasteiger partial charge in [0, 0.05) is 11.1 Å². The van der Waals surface area contributed by atoms with Gasteiger partial charge in [-0.3, -0.25) is 0 Å². The predicted molar refractivity (Wildman–Crippen MR) is 56.2 cm³/mol. The molecule has 0 aromatic heterocycles. The molecule has 1 aliphatic heterocycles. The molecule has 1 N–H and O–H groups in total. The highest BCUT2D eigenvalue weighted by Crippen LogP contribution is 2.27. The molecular weight excluding hydrogens is 182 g/mol. The maximum atomic E-state index is 5.95. The molecule has 0 amide bonds. The average Bonchev–Trinajstić information content (AvgIpc) is 2.16. The Morgan fingerprint density at radius 1 is 1.54 bits per heavy atom. The van der Waals surface area contributed by atoms with Gasteiger partial charge in [0.2, 0.25) is 0 Å². The first-order valence-electron chi connectivity index (χ1n) is 4.83. The van der Waals surface area contributed by atoms with Gasteiger partial charge < -0.3 is 5.32 Å². The Labute approximate surface area is 84.1 Å². The highest BCUT2D eigenvalue weighted by molar-refractivity contribution is 6.30. The Bertz CT molecular complexity index is 309. The van der Waals surface area contributed by atoms with E-state index in [1.165, 1.54) is 11.1 Å². The number of benzene rings is 1. The maximum Gasteiger partial charge on any atom is 0.0408 e. The van der Waals surface area contributed by atoms with Crippen LogP contribution in [0.15, 0.2) is 18.2 Å². The fourth-order valence-corrected chi connectivity index (χ4v) is 2.18. The summed E-state index contributed by atoms with van der Waals surface area (Å²) in [5.41, 5.74) is 2.84. The number of halogens is 1. The van der Waals surface area contributed by atoms with Crippen molar-refractivity contribution < 1.29 is 0 Å². The maximum absolute atomic E-state index is 5.95. The molecule has 2 heteroatoms. The molecule has 1 aliphatic rings. The summed E-state index contributed by atoms with van der Waals surface area (Å²) in [5, 5.41) is 4.36. The van der Waals surface area contributed by atoms with E-state index < -0.39 is 0 Å². The molecule has 0 saturated heterocycles. The van der Waals surface area contributed by atoms with E-state index in [9.17, 15) is 0 Å². The summed E-state index contributed by atoms with van der Waals surface area (Å²) < 4.78 is 0. The summed E-state index contributed by atoms with van der Waals surface area (Å²) in [6.07, 6.45) is 2.25. The minimum atomic E-state index is 0.529. The summed E-state index contributed by atoms with van der Waals surface area (Å²) >= 11 is 5.95. The molecule has 13 heavy (non-hydrogen) atoms.